The van der Waals surface area contributed by atoms with Gasteiger partial charge in [-0.3, -0.25) is 19.7 Å². The quantitative estimate of drug-likeness (QED) is 0.216. The summed E-state index contributed by atoms with van der Waals surface area (Å²) >= 11 is 1.15. The lowest BCUT2D eigenvalue weighted by atomic mass is 10.2. The predicted molar refractivity (Wildman–Crippen MR) is 126 cm³/mol. The van der Waals surface area contributed by atoms with Crippen molar-refractivity contribution in [2.75, 3.05) is 6.61 Å². The van der Waals surface area contributed by atoms with E-state index in [9.17, 15) is 19.7 Å². The van der Waals surface area contributed by atoms with E-state index in [0.717, 1.165) is 11.3 Å². The fourth-order valence-corrected chi connectivity index (χ4v) is 4.19. The molecule has 0 N–H and O–H groups in total. The molecular formula is C24H19N3O6S. The van der Waals surface area contributed by atoms with E-state index in [1.54, 1.807) is 37.3 Å². The molecule has 0 saturated heterocycles. The lowest BCUT2D eigenvalue weighted by Gasteiger charge is -2.06. The van der Waals surface area contributed by atoms with Crippen molar-refractivity contribution in [1.82, 2.24) is 4.57 Å². The minimum atomic E-state index is -0.537. The summed E-state index contributed by atoms with van der Waals surface area (Å²) in [7, 11) is 0. The number of nitrogens with zero attached hydrogens (tertiary/aromatic N) is 3. The van der Waals surface area contributed by atoms with Crippen LogP contribution in [-0.4, -0.2) is 28.0 Å². The van der Waals surface area contributed by atoms with E-state index < -0.39 is 16.8 Å². The van der Waals surface area contributed by atoms with Gasteiger partial charge < -0.3 is 14.0 Å². The number of carbonyl (C=O) groups is 2. The Labute approximate surface area is 197 Å². The Kier molecular flexibility index (Phi) is 6.79. The minimum absolute atomic E-state index is 0.130. The standard InChI is InChI=1S/C24H19N3O6S/c1-2-32-22(28)15-26-20-14-17(27(30)31)10-13-21(20)34-24(26)25-23(29)16-8-11-19(12-9-16)33-18-6-4-3-5-7-18/h3-14H,2,15H2,1H3. The first-order valence-corrected chi connectivity index (χ1v) is 11.1. The van der Waals surface area contributed by atoms with Crippen molar-refractivity contribution in [2.24, 2.45) is 4.99 Å². The molecule has 172 valence electrons. The van der Waals surface area contributed by atoms with E-state index in [2.05, 4.69) is 4.99 Å². The Morgan fingerprint density at radius 3 is 2.41 bits per heavy atom. The number of hydrogen-bond acceptors (Lipinski definition) is 7. The molecule has 3 aromatic carbocycles. The van der Waals surface area contributed by atoms with Crippen LogP contribution in [0.4, 0.5) is 5.69 Å². The normalized spacial score (nSPS) is 11.4. The predicted octanol–water partition coefficient (Wildman–Crippen LogP) is 4.71. The van der Waals surface area contributed by atoms with Crippen molar-refractivity contribution in [1.29, 1.82) is 0 Å². The SMILES string of the molecule is CCOC(=O)Cn1c(=NC(=O)c2ccc(Oc3ccccc3)cc2)sc2ccc([N+](=O)[O-])cc21. The van der Waals surface area contributed by atoms with Gasteiger partial charge in [-0.2, -0.15) is 4.99 Å². The topological polar surface area (TPSA) is 113 Å². The molecule has 4 rings (SSSR count). The highest BCUT2D eigenvalue weighted by molar-refractivity contribution is 7.16. The average Bonchev–Trinajstić information content (AvgIpc) is 3.16. The van der Waals surface area contributed by atoms with Gasteiger partial charge in [-0.25, -0.2) is 0 Å². The zero-order valence-corrected chi connectivity index (χ0v) is 18.9. The van der Waals surface area contributed by atoms with Crippen molar-refractivity contribution < 1.29 is 24.0 Å². The number of benzene rings is 3. The van der Waals surface area contributed by atoms with Crippen LogP contribution in [0.25, 0.3) is 10.2 Å². The van der Waals surface area contributed by atoms with Crippen molar-refractivity contribution in [3.63, 3.8) is 0 Å². The number of thiazole rings is 1. The van der Waals surface area contributed by atoms with Gasteiger partial charge in [-0.15, -0.1) is 0 Å². The van der Waals surface area contributed by atoms with Gasteiger partial charge in [0.1, 0.15) is 18.0 Å². The van der Waals surface area contributed by atoms with Gasteiger partial charge in [0.05, 0.1) is 21.7 Å². The van der Waals surface area contributed by atoms with Crippen molar-refractivity contribution in [3.8, 4) is 11.5 Å². The van der Waals surface area contributed by atoms with Gasteiger partial charge in [0, 0.05) is 17.7 Å². The molecule has 0 bridgehead atoms. The molecule has 0 spiro atoms. The van der Waals surface area contributed by atoms with Crippen molar-refractivity contribution in [3.05, 3.63) is 93.3 Å². The summed E-state index contributed by atoms with van der Waals surface area (Å²) < 4.78 is 12.9. The zero-order chi connectivity index (χ0) is 24.1. The second-order valence-electron chi connectivity index (χ2n) is 7.04. The van der Waals surface area contributed by atoms with Gasteiger partial charge in [0.25, 0.3) is 11.6 Å². The Balaban J connectivity index is 1.67. The van der Waals surface area contributed by atoms with Crippen LogP contribution in [-0.2, 0) is 16.1 Å². The smallest absolute Gasteiger partial charge is 0.326 e. The summed E-state index contributed by atoms with van der Waals surface area (Å²) in [5, 5.41) is 11.2. The molecule has 34 heavy (non-hydrogen) atoms. The second-order valence-corrected chi connectivity index (χ2v) is 8.05. The molecule has 0 aliphatic carbocycles. The maximum absolute atomic E-state index is 12.9. The number of nitro groups is 1. The number of non-ortho nitro benzene ring substituents is 1. The maximum Gasteiger partial charge on any atom is 0.326 e. The number of aromatic nitrogens is 1. The molecule has 9 nitrogen and oxygen atoms in total. The highest BCUT2D eigenvalue weighted by atomic mass is 32.1. The van der Waals surface area contributed by atoms with Crippen LogP contribution in [0.15, 0.2) is 77.8 Å². The van der Waals surface area contributed by atoms with Gasteiger partial charge in [-0.05, 0) is 49.4 Å². The molecule has 0 saturated carbocycles. The third kappa shape index (κ3) is 5.18. The van der Waals surface area contributed by atoms with Crippen LogP contribution in [0.1, 0.15) is 17.3 Å². The van der Waals surface area contributed by atoms with E-state index in [1.165, 1.54) is 16.7 Å². The summed E-state index contributed by atoms with van der Waals surface area (Å²) in [6.45, 7) is 1.63. The zero-order valence-electron chi connectivity index (χ0n) is 18.0. The third-order valence-electron chi connectivity index (χ3n) is 4.75. The molecule has 1 aromatic heterocycles. The summed E-state index contributed by atoms with van der Waals surface area (Å²) in [6.07, 6.45) is 0. The third-order valence-corrected chi connectivity index (χ3v) is 5.81. The van der Waals surface area contributed by atoms with Crippen molar-refractivity contribution in [2.45, 2.75) is 13.5 Å². The molecule has 0 radical (unpaired) electrons. The van der Waals surface area contributed by atoms with Crippen molar-refractivity contribution >= 4 is 39.1 Å². The van der Waals surface area contributed by atoms with Crippen LogP contribution < -0.4 is 9.54 Å². The van der Waals surface area contributed by atoms with Crippen LogP contribution in [0.2, 0.25) is 0 Å². The lowest BCUT2D eigenvalue weighted by molar-refractivity contribution is -0.384. The monoisotopic (exact) mass is 477 g/mol. The largest absolute Gasteiger partial charge is 0.465 e. The van der Waals surface area contributed by atoms with E-state index >= 15 is 0 Å². The molecule has 0 aliphatic rings. The first-order valence-electron chi connectivity index (χ1n) is 10.3. The van der Waals surface area contributed by atoms with Crippen LogP contribution in [0.5, 0.6) is 11.5 Å². The number of fused-ring (bicyclic) bond motifs is 1. The van der Waals surface area contributed by atoms with Crippen LogP contribution in [0.3, 0.4) is 0 Å². The summed E-state index contributed by atoms with van der Waals surface area (Å²) in [4.78, 5) is 40.1. The molecule has 0 unspecified atom stereocenters. The Hall–Kier alpha value is -4.31. The van der Waals surface area contributed by atoms with Gasteiger partial charge in [0.15, 0.2) is 4.80 Å². The molecule has 10 heteroatoms. The molecular weight excluding hydrogens is 458 g/mol. The summed E-state index contributed by atoms with van der Waals surface area (Å²) in [6, 6.07) is 20.0. The molecule has 0 aliphatic heterocycles. The van der Waals surface area contributed by atoms with Gasteiger partial charge >= 0.3 is 5.97 Å². The van der Waals surface area contributed by atoms with E-state index in [4.69, 9.17) is 9.47 Å². The Morgan fingerprint density at radius 1 is 1.03 bits per heavy atom. The molecule has 0 fully saturated rings. The van der Waals surface area contributed by atoms with E-state index in [1.807, 2.05) is 30.3 Å². The summed E-state index contributed by atoms with van der Waals surface area (Å²) in [5.74, 6) is 0.176. The number of hydrogen-bond donors (Lipinski definition) is 0. The number of nitro benzene ring substituents is 1. The lowest BCUT2D eigenvalue weighted by Crippen LogP contribution is -2.23. The number of ether oxygens (including phenoxy) is 2. The molecule has 1 amide bonds. The maximum atomic E-state index is 12.9. The average molecular weight is 477 g/mol. The number of rotatable bonds is 7. The molecule has 4 aromatic rings. The highest BCUT2D eigenvalue weighted by Crippen LogP contribution is 2.24. The second kappa shape index (κ2) is 10.1. The number of carbonyl (C=O) groups excluding carboxylic acids is 2. The fraction of sp³-hybridized carbons (Fsp3) is 0.125. The van der Waals surface area contributed by atoms with Crippen LogP contribution in [0, 0.1) is 10.1 Å². The van der Waals surface area contributed by atoms with Gasteiger partial charge in [0.2, 0.25) is 0 Å². The fourth-order valence-electron chi connectivity index (χ4n) is 3.19. The Morgan fingerprint density at radius 2 is 1.74 bits per heavy atom. The van der Waals surface area contributed by atoms with Gasteiger partial charge in [-0.1, -0.05) is 29.5 Å². The molecule has 0 atom stereocenters. The number of amides is 1. The minimum Gasteiger partial charge on any atom is -0.465 e. The highest BCUT2D eigenvalue weighted by Gasteiger charge is 2.16. The Bertz CT molecular complexity index is 1420. The van der Waals surface area contributed by atoms with Crippen LogP contribution >= 0.6 is 11.3 Å². The molecule has 1 heterocycles. The summed E-state index contributed by atoms with van der Waals surface area (Å²) in [5.41, 5.74) is 0.617. The number of esters is 1. The van der Waals surface area contributed by atoms with E-state index in [0.29, 0.717) is 27.3 Å². The first kappa shape index (κ1) is 22.9. The number of para-hydroxylation sites is 1. The van der Waals surface area contributed by atoms with E-state index in [-0.39, 0.29) is 23.6 Å². The first-order chi connectivity index (χ1) is 16.4.